The first-order valence-corrected chi connectivity index (χ1v) is 9.20. The lowest BCUT2D eigenvalue weighted by atomic mass is 10.0. The van der Waals surface area contributed by atoms with Crippen LogP contribution in [0.2, 0.25) is 0 Å². The van der Waals surface area contributed by atoms with Crippen molar-refractivity contribution >= 4 is 11.7 Å². The summed E-state index contributed by atoms with van der Waals surface area (Å²) in [6.07, 6.45) is 7.40. The molecule has 5 nitrogen and oxygen atoms in total. The molecule has 1 aliphatic heterocycles. The summed E-state index contributed by atoms with van der Waals surface area (Å²) >= 11 is 0. The molecule has 5 heteroatoms. The molecule has 2 aliphatic rings. The van der Waals surface area contributed by atoms with Crippen molar-refractivity contribution in [3.63, 3.8) is 0 Å². The molecule has 1 aromatic rings. The quantitative estimate of drug-likeness (QED) is 0.743. The third-order valence-corrected chi connectivity index (χ3v) is 5.26. The van der Waals surface area contributed by atoms with Gasteiger partial charge in [-0.15, -0.1) is 0 Å². The van der Waals surface area contributed by atoms with Gasteiger partial charge in [-0.2, -0.15) is 0 Å². The molecule has 2 amide bonds. The minimum atomic E-state index is -0.666. The van der Waals surface area contributed by atoms with E-state index < -0.39 is 6.10 Å². The number of rotatable bonds is 4. The number of carbonyl (C=O) groups excluding carboxylic acids is 1. The van der Waals surface area contributed by atoms with E-state index in [1.807, 2.05) is 6.07 Å². The summed E-state index contributed by atoms with van der Waals surface area (Å²) in [6.45, 7) is 1.27. The molecule has 0 bridgehead atoms. The Morgan fingerprint density at radius 1 is 1.29 bits per heavy atom. The molecule has 1 atom stereocenters. The zero-order valence-electron chi connectivity index (χ0n) is 14.6. The van der Waals surface area contributed by atoms with Crippen molar-refractivity contribution in [1.29, 1.82) is 0 Å². The molecule has 1 heterocycles. The number of likely N-dealkylation sites (N-methyl/N-ethyl adjacent to an activating group) is 1. The standard InChI is InChI=1S/C19H29N3O2/c1-22-11-10-14-12-15(8-9-17(14)22)18(23)13-20-19(24)21-16-6-4-2-3-5-7-16/h8-9,12,16,18,23H,2-7,10-11,13H2,1H3,(H2,20,21,24). The molecular weight excluding hydrogens is 302 g/mol. The van der Waals surface area contributed by atoms with E-state index in [1.54, 1.807) is 0 Å². The molecule has 3 rings (SSSR count). The Balaban J connectivity index is 1.48. The van der Waals surface area contributed by atoms with Crippen LogP contribution >= 0.6 is 0 Å². The summed E-state index contributed by atoms with van der Waals surface area (Å²) in [5.74, 6) is 0. The third-order valence-electron chi connectivity index (χ3n) is 5.26. The van der Waals surface area contributed by atoms with E-state index in [9.17, 15) is 9.90 Å². The van der Waals surface area contributed by atoms with Crippen molar-refractivity contribution in [3.8, 4) is 0 Å². The molecule has 1 saturated carbocycles. The number of hydrogen-bond donors (Lipinski definition) is 3. The summed E-state index contributed by atoms with van der Waals surface area (Å²) in [5, 5.41) is 16.2. The van der Waals surface area contributed by atoms with Gasteiger partial charge in [0.2, 0.25) is 0 Å². The van der Waals surface area contributed by atoms with Crippen LogP contribution in [0.25, 0.3) is 0 Å². The van der Waals surface area contributed by atoms with Gasteiger partial charge in [0, 0.05) is 31.9 Å². The van der Waals surface area contributed by atoms with Gasteiger partial charge < -0.3 is 20.6 Å². The number of hydrogen-bond acceptors (Lipinski definition) is 3. The van der Waals surface area contributed by atoms with E-state index in [-0.39, 0.29) is 18.6 Å². The Hall–Kier alpha value is -1.75. The molecule has 3 N–H and O–H groups in total. The van der Waals surface area contributed by atoms with E-state index in [4.69, 9.17) is 0 Å². The average Bonchev–Trinajstić information content (AvgIpc) is 2.78. The SMILES string of the molecule is CN1CCc2cc(C(O)CNC(=O)NC3CCCCCC3)ccc21. The molecule has 0 aromatic heterocycles. The number of fused-ring (bicyclic) bond motifs is 1. The predicted molar refractivity (Wildman–Crippen MR) is 96.4 cm³/mol. The van der Waals surface area contributed by atoms with Crippen LogP contribution in [-0.2, 0) is 6.42 Å². The van der Waals surface area contributed by atoms with Gasteiger partial charge in [-0.3, -0.25) is 0 Å². The van der Waals surface area contributed by atoms with Crippen LogP contribution in [0.15, 0.2) is 18.2 Å². The predicted octanol–water partition coefficient (Wildman–Crippen LogP) is 2.73. The Morgan fingerprint density at radius 2 is 2.04 bits per heavy atom. The minimum Gasteiger partial charge on any atom is -0.387 e. The summed E-state index contributed by atoms with van der Waals surface area (Å²) < 4.78 is 0. The Labute approximate surface area is 144 Å². The first kappa shape index (κ1) is 17.1. The minimum absolute atomic E-state index is 0.165. The maximum Gasteiger partial charge on any atom is 0.315 e. The van der Waals surface area contributed by atoms with Gasteiger partial charge in [-0.1, -0.05) is 37.8 Å². The molecule has 1 unspecified atom stereocenters. The fraction of sp³-hybridized carbons (Fsp3) is 0.632. The highest BCUT2D eigenvalue weighted by Crippen LogP contribution is 2.29. The van der Waals surface area contributed by atoms with Crippen LogP contribution in [0.3, 0.4) is 0 Å². The topological polar surface area (TPSA) is 64.6 Å². The number of aliphatic hydroxyl groups is 1. The highest BCUT2D eigenvalue weighted by Gasteiger charge is 2.19. The van der Waals surface area contributed by atoms with E-state index in [0.717, 1.165) is 31.4 Å². The Kier molecular flexibility index (Phi) is 5.61. The molecule has 0 saturated heterocycles. The second kappa shape index (κ2) is 7.88. The first-order valence-electron chi connectivity index (χ1n) is 9.20. The van der Waals surface area contributed by atoms with Gasteiger partial charge in [-0.25, -0.2) is 4.79 Å². The normalized spacial score (nSPS) is 19.5. The lowest BCUT2D eigenvalue weighted by Gasteiger charge is -2.19. The van der Waals surface area contributed by atoms with Crippen LogP contribution < -0.4 is 15.5 Å². The van der Waals surface area contributed by atoms with Gasteiger partial charge in [0.15, 0.2) is 0 Å². The maximum absolute atomic E-state index is 12.0. The van der Waals surface area contributed by atoms with E-state index in [1.165, 1.54) is 36.9 Å². The molecule has 0 radical (unpaired) electrons. The number of aliphatic hydroxyl groups excluding tert-OH is 1. The second-order valence-corrected chi connectivity index (χ2v) is 7.12. The molecule has 24 heavy (non-hydrogen) atoms. The van der Waals surface area contributed by atoms with Gasteiger partial charge in [0.25, 0.3) is 0 Å². The van der Waals surface area contributed by atoms with E-state index in [0.29, 0.717) is 0 Å². The van der Waals surface area contributed by atoms with Crippen LogP contribution in [-0.4, -0.2) is 37.3 Å². The second-order valence-electron chi connectivity index (χ2n) is 7.12. The van der Waals surface area contributed by atoms with E-state index >= 15 is 0 Å². The van der Waals surface area contributed by atoms with Crippen LogP contribution in [0.4, 0.5) is 10.5 Å². The van der Waals surface area contributed by atoms with Crippen LogP contribution in [0.1, 0.15) is 55.8 Å². The number of carbonyl (C=O) groups is 1. The highest BCUT2D eigenvalue weighted by atomic mass is 16.3. The van der Waals surface area contributed by atoms with Crippen molar-refractivity contribution in [1.82, 2.24) is 10.6 Å². The first-order chi connectivity index (χ1) is 11.6. The summed E-state index contributed by atoms with van der Waals surface area (Å²) in [6, 6.07) is 6.19. The van der Waals surface area contributed by atoms with Crippen molar-refractivity contribution in [3.05, 3.63) is 29.3 Å². The van der Waals surface area contributed by atoms with Gasteiger partial charge in [0.1, 0.15) is 0 Å². The van der Waals surface area contributed by atoms with Crippen LogP contribution in [0.5, 0.6) is 0 Å². The van der Waals surface area contributed by atoms with Crippen molar-refractivity contribution in [2.24, 2.45) is 0 Å². The van der Waals surface area contributed by atoms with Gasteiger partial charge in [0.05, 0.1) is 6.10 Å². The average molecular weight is 331 g/mol. The third kappa shape index (κ3) is 4.20. The molecule has 0 spiro atoms. The zero-order valence-corrected chi connectivity index (χ0v) is 14.6. The van der Waals surface area contributed by atoms with E-state index in [2.05, 4.69) is 34.7 Å². The number of urea groups is 1. The zero-order chi connectivity index (χ0) is 16.9. The summed E-state index contributed by atoms with van der Waals surface area (Å²) in [4.78, 5) is 14.3. The maximum atomic E-state index is 12.0. The van der Waals surface area contributed by atoms with Gasteiger partial charge >= 0.3 is 6.03 Å². The Bertz CT molecular complexity index is 568. The number of benzene rings is 1. The van der Waals surface area contributed by atoms with Crippen molar-refractivity contribution in [2.45, 2.75) is 57.1 Å². The molecular formula is C19H29N3O2. The summed E-state index contributed by atoms with van der Waals surface area (Å²) in [7, 11) is 2.08. The number of anilines is 1. The highest BCUT2D eigenvalue weighted by molar-refractivity contribution is 5.74. The fourth-order valence-corrected chi connectivity index (χ4v) is 3.76. The van der Waals surface area contributed by atoms with Crippen LogP contribution in [0, 0.1) is 0 Å². The van der Waals surface area contributed by atoms with Gasteiger partial charge in [-0.05, 0) is 36.5 Å². The molecule has 132 valence electrons. The van der Waals surface area contributed by atoms with Crippen molar-refractivity contribution in [2.75, 3.05) is 25.0 Å². The van der Waals surface area contributed by atoms with Crippen molar-refractivity contribution < 1.29 is 9.90 Å². The fourth-order valence-electron chi connectivity index (χ4n) is 3.76. The molecule has 1 fully saturated rings. The monoisotopic (exact) mass is 331 g/mol. The Morgan fingerprint density at radius 3 is 2.79 bits per heavy atom. The molecule has 1 aliphatic carbocycles. The summed E-state index contributed by atoms with van der Waals surface area (Å²) in [5.41, 5.74) is 3.39. The largest absolute Gasteiger partial charge is 0.387 e. The molecule has 1 aromatic carbocycles. The lowest BCUT2D eigenvalue weighted by Crippen LogP contribution is -2.43. The number of nitrogens with zero attached hydrogens (tertiary/aromatic N) is 1. The number of nitrogens with one attached hydrogen (secondary N) is 2. The smallest absolute Gasteiger partial charge is 0.315 e. The number of amides is 2. The lowest BCUT2D eigenvalue weighted by molar-refractivity contribution is 0.172.